The summed E-state index contributed by atoms with van der Waals surface area (Å²) in [5.41, 5.74) is 2.93. The van der Waals surface area contributed by atoms with E-state index in [1.54, 1.807) is 29.8 Å². The predicted octanol–water partition coefficient (Wildman–Crippen LogP) is 2.50. The highest BCUT2D eigenvalue weighted by Crippen LogP contribution is 2.30. The number of nitrogens with two attached hydrogens (primary N) is 1. The maximum atomic E-state index is 11.5. The van der Waals surface area contributed by atoms with Gasteiger partial charge in [-0.3, -0.25) is 10.2 Å². The van der Waals surface area contributed by atoms with Gasteiger partial charge < -0.3 is 4.57 Å². The summed E-state index contributed by atoms with van der Waals surface area (Å²) in [7, 11) is 0. The van der Waals surface area contributed by atoms with Crippen LogP contribution in [0, 0.1) is 0 Å². The third kappa shape index (κ3) is 2.11. The van der Waals surface area contributed by atoms with Gasteiger partial charge >= 0.3 is 0 Å². The Morgan fingerprint density at radius 3 is 2.82 bits per heavy atom. The number of rotatable bonds is 2. The van der Waals surface area contributed by atoms with Crippen LogP contribution in [0.2, 0.25) is 10.0 Å². The lowest BCUT2D eigenvalue weighted by Crippen LogP contribution is -2.35. The summed E-state index contributed by atoms with van der Waals surface area (Å²) < 4.78 is 1.77. The molecule has 1 heterocycles. The Morgan fingerprint density at radius 2 is 2.18 bits per heavy atom. The number of nitrogens with one attached hydrogen (secondary N) is 1. The number of benzene rings is 1. The molecule has 1 aromatic heterocycles. The molecule has 0 saturated heterocycles. The Bertz CT molecular complexity index is 579. The monoisotopic (exact) mass is 271 g/mol. The van der Waals surface area contributed by atoms with Crippen molar-refractivity contribution < 1.29 is 4.79 Å². The van der Waals surface area contributed by atoms with Crippen molar-refractivity contribution in [3.8, 4) is 0 Å². The number of carbonyl (C=O) groups is 1. The molecule has 0 bridgehead atoms. The van der Waals surface area contributed by atoms with E-state index >= 15 is 0 Å². The van der Waals surface area contributed by atoms with Gasteiger partial charge in [-0.2, -0.15) is 0 Å². The number of hydrazine groups is 1. The van der Waals surface area contributed by atoms with Gasteiger partial charge in [-0.25, -0.2) is 5.84 Å². The first-order valence-corrected chi connectivity index (χ1v) is 5.76. The summed E-state index contributed by atoms with van der Waals surface area (Å²) >= 11 is 12.0. The number of carbonyl (C=O) groups excluding carboxylic acids is 1. The molecule has 2 aromatic rings. The number of fused-ring (bicyclic) bond motifs is 1. The predicted molar refractivity (Wildman–Crippen MR) is 69.0 cm³/mol. The van der Waals surface area contributed by atoms with Crippen molar-refractivity contribution in [2.75, 3.05) is 0 Å². The van der Waals surface area contributed by atoms with Gasteiger partial charge in [0.15, 0.2) is 0 Å². The molecule has 0 aliphatic rings. The Hall–Kier alpha value is -1.23. The van der Waals surface area contributed by atoms with Gasteiger partial charge in [-0.1, -0.05) is 23.2 Å². The smallest absolute Gasteiger partial charge is 0.256 e. The molecule has 0 aliphatic heterocycles. The van der Waals surface area contributed by atoms with E-state index in [1.165, 1.54) is 0 Å². The van der Waals surface area contributed by atoms with Crippen molar-refractivity contribution in [1.82, 2.24) is 9.99 Å². The number of nitrogens with zero attached hydrogens (tertiary/aromatic N) is 1. The molecule has 1 atom stereocenters. The average molecular weight is 272 g/mol. The third-order valence-corrected chi connectivity index (χ3v) is 3.22. The zero-order valence-corrected chi connectivity index (χ0v) is 10.6. The van der Waals surface area contributed by atoms with E-state index in [1.807, 2.05) is 6.07 Å². The van der Waals surface area contributed by atoms with Gasteiger partial charge in [0.2, 0.25) is 0 Å². The van der Waals surface area contributed by atoms with Gasteiger partial charge in [0.1, 0.15) is 6.04 Å². The SMILES string of the molecule is CC(C(=O)NN)n1ccc2c(Cl)cc(Cl)cc21. The van der Waals surface area contributed by atoms with Crippen molar-refractivity contribution in [2.24, 2.45) is 5.84 Å². The molecule has 3 N–H and O–H groups in total. The van der Waals surface area contributed by atoms with E-state index in [9.17, 15) is 4.79 Å². The van der Waals surface area contributed by atoms with Crippen LogP contribution >= 0.6 is 23.2 Å². The molecule has 6 heteroatoms. The van der Waals surface area contributed by atoms with Crippen molar-refractivity contribution in [2.45, 2.75) is 13.0 Å². The van der Waals surface area contributed by atoms with Crippen molar-refractivity contribution >= 4 is 40.0 Å². The molecule has 1 unspecified atom stereocenters. The minimum atomic E-state index is -0.424. The second-order valence-electron chi connectivity index (χ2n) is 3.73. The van der Waals surface area contributed by atoms with Gasteiger partial charge in [-0.05, 0) is 25.1 Å². The lowest BCUT2D eigenvalue weighted by molar-refractivity contribution is -0.123. The van der Waals surface area contributed by atoms with Crippen molar-refractivity contribution in [1.29, 1.82) is 0 Å². The summed E-state index contributed by atoms with van der Waals surface area (Å²) in [6.07, 6.45) is 1.78. The van der Waals surface area contributed by atoms with Gasteiger partial charge in [0.05, 0.1) is 10.5 Å². The largest absolute Gasteiger partial charge is 0.335 e. The van der Waals surface area contributed by atoms with Crippen LogP contribution in [0.3, 0.4) is 0 Å². The van der Waals surface area contributed by atoms with Crippen LogP contribution in [0.15, 0.2) is 24.4 Å². The van der Waals surface area contributed by atoms with Crippen LogP contribution in [-0.4, -0.2) is 10.5 Å². The maximum Gasteiger partial charge on any atom is 0.256 e. The first-order valence-electron chi connectivity index (χ1n) is 5.00. The minimum absolute atomic E-state index is 0.279. The van der Waals surface area contributed by atoms with Crippen LogP contribution in [0.5, 0.6) is 0 Å². The van der Waals surface area contributed by atoms with E-state index in [2.05, 4.69) is 5.43 Å². The first-order chi connectivity index (χ1) is 8.04. The highest BCUT2D eigenvalue weighted by molar-refractivity contribution is 6.38. The number of hydrogen-bond acceptors (Lipinski definition) is 2. The molecule has 2 rings (SSSR count). The molecule has 90 valence electrons. The Kier molecular flexibility index (Phi) is 3.28. The van der Waals surface area contributed by atoms with E-state index in [0.29, 0.717) is 10.0 Å². The fourth-order valence-corrected chi connectivity index (χ4v) is 2.32. The van der Waals surface area contributed by atoms with Gasteiger partial charge in [0, 0.05) is 16.6 Å². The Labute approximate surface area is 108 Å². The van der Waals surface area contributed by atoms with E-state index in [0.717, 1.165) is 10.9 Å². The minimum Gasteiger partial charge on any atom is -0.335 e. The van der Waals surface area contributed by atoms with Crippen LogP contribution in [0.25, 0.3) is 10.9 Å². The molecular weight excluding hydrogens is 261 g/mol. The second-order valence-corrected chi connectivity index (χ2v) is 4.57. The topological polar surface area (TPSA) is 60.1 Å². The molecule has 0 radical (unpaired) electrons. The molecule has 1 amide bonds. The van der Waals surface area contributed by atoms with Crippen molar-refractivity contribution in [3.63, 3.8) is 0 Å². The zero-order chi connectivity index (χ0) is 12.6. The van der Waals surface area contributed by atoms with Crippen LogP contribution in [0.4, 0.5) is 0 Å². The van der Waals surface area contributed by atoms with Gasteiger partial charge in [-0.15, -0.1) is 0 Å². The second kappa shape index (κ2) is 4.56. The summed E-state index contributed by atoms with van der Waals surface area (Å²) in [6, 6.07) is 4.85. The number of halogens is 2. The third-order valence-electron chi connectivity index (χ3n) is 2.69. The molecule has 1 aromatic carbocycles. The summed E-state index contributed by atoms with van der Waals surface area (Å²) in [5.74, 6) is 4.84. The Morgan fingerprint density at radius 1 is 1.47 bits per heavy atom. The van der Waals surface area contributed by atoms with Crippen LogP contribution in [-0.2, 0) is 4.79 Å². The highest BCUT2D eigenvalue weighted by Gasteiger charge is 2.16. The highest BCUT2D eigenvalue weighted by atomic mass is 35.5. The summed E-state index contributed by atoms with van der Waals surface area (Å²) in [5, 5.41) is 1.95. The molecule has 0 spiro atoms. The number of hydrogen-bond donors (Lipinski definition) is 2. The number of amides is 1. The zero-order valence-electron chi connectivity index (χ0n) is 9.08. The summed E-state index contributed by atoms with van der Waals surface area (Å²) in [6.45, 7) is 1.75. The van der Waals surface area contributed by atoms with Gasteiger partial charge in [0.25, 0.3) is 5.91 Å². The summed E-state index contributed by atoms with van der Waals surface area (Å²) in [4.78, 5) is 11.5. The first kappa shape index (κ1) is 12.2. The maximum absolute atomic E-state index is 11.5. The lowest BCUT2D eigenvalue weighted by Gasteiger charge is -2.13. The van der Waals surface area contributed by atoms with Crippen LogP contribution in [0.1, 0.15) is 13.0 Å². The normalized spacial score (nSPS) is 12.7. The van der Waals surface area contributed by atoms with E-state index < -0.39 is 6.04 Å². The molecule has 4 nitrogen and oxygen atoms in total. The standard InChI is InChI=1S/C11H11Cl2N3O/c1-6(11(17)15-14)16-3-2-8-9(13)4-7(12)5-10(8)16/h2-6H,14H2,1H3,(H,15,17). The fourth-order valence-electron chi connectivity index (χ4n) is 1.77. The Balaban J connectivity index is 2.60. The van der Waals surface area contributed by atoms with Crippen LogP contribution < -0.4 is 11.3 Å². The lowest BCUT2D eigenvalue weighted by atomic mass is 10.2. The molecular formula is C11H11Cl2N3O. The molecule has 0 saturated carbocycles. The van der Waals surface area contributed by atoms with E-state index in [4.69, 9.17) is 29.0 Å². The molecule has 0 aliphatic carbocycles. The van der Waals surface area contributed by atoms with Crippen molar-refractivity contribution in [3.05, 3.63) is 34.4 Å². The molecule has 17 heavy (non-hydrogen) atoms. The quantitative estimate of drug-likeness (QED) is 0.501. The average Bonchev–Trinajstić information content (AvgIpc) is 2.70. The van der Waals surface area contributed by atoms with E-state index in [-0.39, 0.29) is 5.91 Å². The number of aromatic nitrogens is 1. The molecule has 0 fully saturated rings. The fraction of sp³-hybridized carbons (Fsp3) is 0.182.